The smallest absolute Gasteiger partial charge is 0.326 e. The first-order valence-corrected chi connectivity index (χ1v) is 25.1. The molecular formula is C50H69N17O10. The molecule has 414 valence electrons. The van der Waals surface area contributed by atoms with E-state index in [0.717, 1.165) is 10.9 Å². The van der Waals surface area contributed by atoms with Gasteiger partial charge in [0.1, 0.15) is 42.3 Å². The molecule has 2 aromatic heterocycles. The molecule has 0 saturated carbocycles. The Morgan fingerprint density at radius 2 is 1.34 bits per heavy atom. The maximum atomic E-state index is 14.7. The summed E-state index contributed by atoms with van der Waals surface area (Å²) in [6, 6.07) is 5.95. The lowest BCUT2D eigenvalue weighted by molar-refractivity contribution is -0.142. The van der Waals surface area contributed by atoms with Crippen LogP contribution in [0, 0.1) is 0 Å². The van der Waals surface area contributed by atoms with Crippen molar-refractivity contribution in [3.63, 3.8) is 0 Å². The summed E-state index contributed by atoms with van der Waals surface area (Å²) < 4.78 is 0. The molecule has 8 amide bonds. The van der Waals surface area contributed by atoms with E-state index in [1.807, 2.05) is 18.2 Å². The largest absolute Gasteiger partial charge is 0.480 e. The van der Waals surface area contributed by atoms with Crippen LogP contribution < -0.4 is 65.5 Å². The van der Waals surface area contributed by atoms with Crippen molar-refractivity contribution in [1.29, 1.82) is 0 Å². The minimum atomic E-state index is -1.51. The summed E-state index contributed by atoms with van der Waals surface area (Å²) in [5.41, 5.74) is 24.4. The van der Waals surface area contributed by atoms with Crippen molar-refractivity contribution in [3.05, 3.63) is 90.1 Å². The summed E-state index contributed by atoms with van der Waals surface area (Å²) in [5, 5.41) is 32.3. The van der Waals surface area contributed by atoms with Gasteiger partial charge in [-0.2, -0.15) is 0 Å². The van der Waals surface area contributed by atoms with Gasteiger partial charge in [0.15, 0.2) is 11.9 Å². The van der Waals surface area contributed by atoms with Gasteiger partial charge in [0.05, 0.1) is 6.33 Å². The van der Waals surface area contributed by atoms with Gasteiger partial charge in [0.25, 0.3) is 0 Å². The van der Waals surface area contributed by atoms with Crippen LogP contribution >= 0.6 is 0 Å². The summed E-state index contributed by atoms with van der Waals surface area (Å²) >= 11 is 0. The predicted octanol–water partition coefficient (Wildman–Crippen LogP) is -2.79. The maximum Gasteiger partial charge on any atom is 0.326 e. The van der Waals surface area contributed by atoms with Gasteiger partial charge < -0.3 is 80.5 Å². The predicted molar refractivity (Wildman–Crippen MR) is 283 cm³/mol. The standard InChI is InChI=1S/C50H69N17O10/c1-28(68)61-34(14-7-20-57-49(51)52)42(70)63-36-17-18-41(69)56-19-9-16-37(48(76)77)64-46(74)39(23-30-25-59-33-13-6-5-12-32(30)33)66-43(71)35(15-8-21-58-50(53)54)62-45(73)38(22-29-10-3-2-4-11-29)65-47(75)40(67-44(36)72)24-31-26-55-27-60-31/h2-6,10-13,25-27,34-40,59H,7-9,14-24H2,1H3,(H,55,60)(H,56,69)(H,61,68)(H,62,73)(H,63,70)(H,64,74)(H,65,75)(H,66,71)(H,67,72)(H,76,77)(H4,51,52,57)(H4,53,54,58). The van der Waals surface area contributed by atoms with Crippen molar-refractivity contribution < 1.29 is 48.3 Å². The number of aromatic amines is 2. The fourth-order valence-electron chi connectivity index (χ4n) is 8.46. The number of guanidine groups is 2. The number of aliphatic carboxylic acids is 1. The van der Waals surface area contributed by atoms with Crippen LogP contribution in [-0.4, -0.2) is 147 Å². The number of benzene rings is 2. The van der Waals surface area contributed by atoms with E-state index < -0.39 is 95.5 Å². The van der Waals surface area contributed by atoms with Crippen molar-refractivity contribution in [2.24, 2.45) is 32.9 Å². The molecule has 4 aromatic rings. The van der Waals surface area contributed by atoms with Gasteiger partial charge in [-0.05, 0) is 62.1 Å². The normalized spacial score (nSPS) is 20.8. The number of carboxylic acid groups (broad SMARTS) is 1. The molecule has 0 aliphatic carbocycles. The number of nitrogens with zero attached hydrogens (tertiary/aromatic N) is 3. The molecule has 27 heteroatoms. The molecule has 77 heavy (non-hydrogen) atoms. The summed E-state index contributed by atoms with van der Waals surface area (Å²) in [6.07, 6.45) is 3.45. The highest BCUT2D eigenvalue weighted by Crippen LogP contribution is 2.20. The first-order chi connectivity index (χ1) is 36.9. The molecule has 1 aliphatic heterocycles. The summed E-state index contributed by atoms with van der Waals surface area (Å²) in [7, 11) is 0. The Morgan fingerprint density at radius 3 is 2.00 bits per heavy atom. The topological polar surface area (TPSA) is 443 Å². The van der Waals surface area contributed by atoms with E-state index in [9.17, 15) is 48.3 Å². The molecule has 3 heterocycles. The summed E-state index contributed by atoms with van der Waals surface area (Å²) in [6.45, 7) is 1.27. The number of rotatable bonds is 18. The maximum absolute atomic E-state index is 14.7. The molecule has 0 spiro atoms. The van der Waals surface area contributed by atoms with Crippen molar-refractivity contribution >= 4 is 76.0 Å². The number of hydrogen-bond acceptors (Lipinski definition) is 12. The van der Waals surface area contributed by atoms with E-state index in [-0.39, 0.29) is 102 Å². The van der Waals surface area contributed by atoms with Crippen molar-refractivity contribution in [3.8, 4) is 0 Å². The van der Waals surface area contributed by atoms with E-state index in [2.05, 4.69) is 67.5 Å². The zero-order valence-corrected chi connectivity index (χ0v) is 42.6. The number of carboxylic acids is 1. The van der Waals surface area contributed by atoms with Gasteiger partial charge in [-0.15, -0.1) is 0 Å². The molecule has 1 saturated heterocycles. The fourth-order valence-corrected chi connectivity index (χ4v) is 8.46. The average molecular weight is 1070 g/mol. The van der Waals surface area contributed by atoms with E-state index in [0.29, 0.717) is 16.8 Å². The van der Waals surface area contributed by atoms with Gasteiger partial charge in [0, 0.05) is 81.2 Å². The third-order valence-corrected chi connectivity index (χ3v) is 12.4. The van der Waals surface area contributed by atoms with Crippen molar-refractivity contribution in [1.82, 2.24) is 57.5 Å². The second kappa shape index (κ2) is 29.7. The number of aliphatic imine (C=N–C) groups is 2. The van der Waals surface area contributed by atoms with Crippen LogP contribution in [0.3, 0.4) is 0 Å². The average Bonchev–Trinajstić information content (AvgIpc) is 4.06. The third-order valence-electron chi connectivity index (χ3n) is 12.4. The Kier molecular flexibility index (Phi) is 22.7. The number of fused-ring (bicyclic) bond motifs is 1. The Hall–Kier alpha value is -9.04. The zero-order valence-electron chi connectivity index (χ0n) is 42.6. The van der Waals surface area contributed by atoms with E-state index in [4.69, 9.17) is 22.9 Å². The quantitative estimate of drug-likeness (QED) is 0.0272. The molecule has 7 atom stereocenters. The number of H-pyrrole nitrogens is 2. The minimum Gasteiger partial charge on any atom is -0.480 e. The van der Waals surface area contributed by atoms with Crippen molar-refractivity contribution in [2.45, 2.75) is 120 Å². The Bertz CT molecular complexity index is 2720. The highest BCUT2D eigenvalue weighted by molar-refractivity contribution is 5.98. The van der Waals surface area contributed by atoms with Crippen LogP contribution in [0.15, 0.2) is 83.3 Å². The van der Waals surface area contributed by atoms with E-state index in [1.165, 1.54) is 19.4 Å². The van der Waals surface area contributed by atoms with Gasteiger partial charge >= 0.3 is 5.97 Å². The SMILES string of the molecule is CC(=O)NC(CCCN=C(N)N)C(=O)NC1CCC(=O)NCCCC(C(=O)O)NC(=O)C(Cc2c[nH]c3ccccc23)NC(=O)C(CCCN=C(N)N)NC(=O)C(Cc2ccccc2)NC(=O)C(Cc2cnc[nH]2)NC1=O. The molecule has 2 aromatic carbocycles. The molecule has 7 unspecified atom stereocenters. The number of carbonyl (C=O) groups excluding carboxylic acids is 8. The molecule has 1 aliphatic rings. The van der Waals surface area contributed by atoms with Crippen LogP contribution in [0.2, 0.25) is 0 Å². The molecule has 19 N–H and O–H groups in total. The second-order valence-corrected chi connectivity index (χ2v) is 18.4. The molecule has 1 fully saturated rings. The van der Waals surface area contributed by atoms with Crippen LogP contribution in [-0.2, 0) is 62.4 Å². The Balaban J connectivity index is 1.54. The van der Waals surface area contributed by atoms with Gasteiger partial charge in [0.2, 0.25) is 47.3 Å². The monoisotopic (exact) mass is 1070 g/mol. The van der Waals surface area contributed by atoms with Crippen LogP contribution in [0.25, 0.3) is 10.9 Å². The number of nitrogens with one attached hydrogen (secondary N) is 10. The number of para-hydroxylation sites is 1. The molecule has 0 radical (unpaired) electrons. The highest BCUT2D eigenvalue weighted by Gasteiger charge is 2.35. The van der Waals surface area contributed by atoms with E-state index >= 15 is 0 Å². The highest BCUT2D eigenvalue weighted by atomic mass is 16.4. The summed E-state index contributed by atoms with van der Waals surface area (Å²) in [5.74, 6) is -8.11. The number of nitrogens with two attached hydrogens (primary N) is 4. The molecule has 27 nitrogen and oxygen atoms in total. The number of imidazole rings is 1. The van der Waals surface area contributed by atoms with Gasteiger partial charge in [-0.25, -0.2) is 9.78 Å². The van der Waals surface area contributed by atoms with E-state index in [1.54, 1.807) is 42.6 Å². The fraction of sp³-hybridized carbons (Fsp3) is 0.440. The van der Waals surface area contributed by atoms with Gasteiger partial charge in [-0.3, -0.25) is 48.3 Å². The first kappa shape index (κ1) is 58.8. The Labute approximate surface area is 443 Å². The second-order valence-electron chi connectivity index (χ2n) is 18.4. The number of hydrogen-bond donors (Lipinski definition) is 15. The number of aromatic nitrogens is 3. The lowest BCUT2D eigenvalue weighted by Gasteiger charge is -2.28. The minimum absolute atomic E-state index is 0.0358. The summed E-state index contributed by atoms with van der Waals surface area (Å²) in [4.78, 5) is 143. The lowest BCUT2D eigenvalue weighted by Crippen LogP contribution is -2.60. The van der Waals surface area contributed by atoms with Crippen LogP contribution in [0.1, 0.15) is 75.1 Å². The molecule has 5 rings (SSSR count). The van der Waals surface area contributed by atoms with Gasteiger partial charge in [-0.1, -0.05) is 48.5 Å². The third kappa shape index (κ3) is 19.6. The number of carbonyl (C=O) groups is 9. The van der Waals surface area contributed by atoms with Crippen molar-refractivity contribution in [2.75, 3.05) is 19.6 Å². The zero-order chi connectivity index (χ0) is 55.9. The lowest BCUT2D eigenvalue weighted by atomic mass is 10.0. The van der Waals surface area contributed by atoms with Crippen LogP contribution in [0.4, 0.5) is 0 Å². The Morgan fingerprint density at radius 1 is 0.727 bits per heavy atom. The van der Waals surface area contributed by atoms with Crippen LogP contribution in [0.5, 0.6) is 0 Å². The number of amides is 8. The molecular weight excluding hydrogens is 999 g/mol. The molecule has 0 bridgehead atoms. The first-order valence-electron chi connectivity index (χ1n) is 25.1.